The summed E-state index contributed by atoms with van der Waals surface area (Å²) in [5, 5.41) is 17.4. The van der Waals surface area contributed by atoms with Crippen LogP contribution in [-0.2, 0) is 16.0 Å². The summed E-state index contributed by atoms with van der Waals surface area (Å²) in [6.45, 7) is 0. The van der Waals surface area contributed by atoms with E-state index < -0.39 is 24.3 Å². The Morgan fingerprint density at radius 1 is 1.44 bits per heavy atom. The number of pyridine rings is 1. The van der Waals surface area contributed by atoms with Gasteiger partial charge in [-0.25, -0.2) is 4.98 Å². The average Bonchev–Trinajstić information content (AvgIpc) is 2.15. The van der Waals surface area contributed by atoms with Crippen LogP contribution in [0.5, 0.6) is 0 Å². The van der Waals surface area contributed by atoms with E-state index in [9.17, 15) is 9.59 Å². The van der Waals surface area contributed by atoms with Crippen molar-refractivity contribution in [3.63, 3.8) is 0 Å². The van der Waals surface area contributed by atoms with Crippen LogP contribution in [0.4, 0.5) is 5.82 Å². The molecule has 0 aromatic carbocycles. The molecule has 0 bridgehead atoms. The predicted octanol–water partition coefficient (Wildman–Crippen LogP) is 0.382. The highest BCUT2D eigenvalue weighted by Gasteiger charge is 2.21. The molecule has 16 heavy (non-hydrogen) atoms. The highest BCUT2D eigenvalue weighted by atomic mass is 16.4. The average molecular weight is 224 g/mol. The summed E-state index contributed by atoms with van der Waals surface area (Å²) in [5.74, 6) is -2.91. The quantitative estimate of drug-likeness (QED) is 0.666. The molecule has 0 fully saturated rings. The largest absolute Gasteiger partial charge is 0.481 e. The van der Waals surface area contributed by atoms with Crippen molar-refractivity contribution in [1.82, 2.24) is 4.98 Å². The van der Waals surface area contributed by atoms with Gasteiger partial charge in [0.15, 0.2) is 0 Å². The first-order chi connectivity index (χ1) is 7.49. The van der Waals surface area contributed by atoms with Crippen LogP contribution in [0.25, 0.3) is 0 Å². The lowest BCUT2D eigenvalue weighted by Crippen LogP contribution is -2.20. The van der Waals surface area contributed by atoms with E-state index in [1.165, 1.54) is 12.3 Å². The van der Waals surface area contributed by atoms with Crippen LogP contribution in [0.3, 0.4) is 0 Å². The molecule has 0 saturated heterocycles. The van der Waals surface area contributed by atoms with Crippen molar-refractivity contribution in [2.75, 3.05) is 5.73 Å². The number of carboxylic acids is 2. The Bertz CT molecular complexity index is 406. The first-order valence-electron chi connectivity index (χ1n) is 4.64. The first-order valence-corrected chi connectivity index (χ1v) is 4.64. The minimum Gasteiger partial charge on any atom is -0.481 e. The normalized spacial score (nSPS) is 12.0. The number of aliphatic carboxylic acids is 2. The molecule has 0 aliphatic rings. The van der Waals surface area contributed by atoms with Crippen molar-refractivity contribution in [2.45, 2.75) is 12.8 Å². The number of carbonyl (C=O) groups is 2. The molecule has 6 heteroatoms. The lowest BCUT2D eigenvalue weighted by atomic mass is 9.97. The summed E-state index contributed by atoms with van der Waals surface area (Å²) in [7, 11) is 0. The lowest BCUT2D eigenvalue weighted by Gasteiger charge is -2.09. The van der Waals surface area contributed by atoms with Gasteiger partial charge in [0.25, 0.3) is 0 Å². The molecule has 0 radical (unpaired) electrons. The maximum Gasteiger partial charge on any atom is 0.307 e. The van der Waals surface area contributed by atoms with Crippen LogP contribution in [0.15, 0.2) is 18.3 Å². The van der Waals surface area contributed by atoms with Crippen LogP contribution in [0, 0.1) is 5.92 Å². The third-order valence-electron chi connectivity index (χ3n) is 2.10. The second-order valence-electron chi connectivity index (χ2n) is 3.43. The number of carboxylic acid groups (broad SMARTS) is 2. The van der Waals surface area contributed by atoms with Crippen LogP contribution >= 0.6 is 0 Å². The number of nitrogens with two attached hydrogens (primary N) is 1. The smallest absolute Gasteiger partial charge is 0.307 e. The third-order valence-corrected chi connectivity index (χ3v) is 2.10. The summed E-state index contributed by atoms with van der Waals surface area (Å²) in [4.78, 5) is 25.1. The maximum atomic E-state index is 10.8. The molecule has 0 aliphatic carbocycles. The Hall–Kier alpha value is -2.11. The van der Waals surface area contributed by atoms with Gasteiger partial charge in [0.05, 0.1) is 12.3 Å². The minimum absolute atomic E-state index is 0.133. The standard InChI is InChI=1S/C10H12N2O4/c11-8-4-6(1-2-12-8)3-7(10(15)16)5-9(13)14/h1-2,4,7H,3,5H2,(H2,11,12)(H,13,14)(H,15,16). The van der Waals surface area contributed by atoms with Gasteiger partial charge in [-0.15, -0.1) is 0 Å². The van der Waals surface area contributed by atoms with Gasteiger partial charge in [-0.2, -0.15) is 0 Å². The minimum atomic E-state index is -1.13. The van der Waals surface area contributed by atoms with E-state index in [1.54, 1.807) is 6.07 Å². The summed E-state index contributed by atoms with van der Waals surface area (Å²) in [6.07, 6.45) is 1.19. The van der Waals surface area contributed by atoms with Gasteiger partial charge in [-0.1, -0.05) is 0 Å². The second kappa shape index (κ2) is 5.11. The highest BCUT2D eigenvalue weighted by molar-refractivity contribution is 5.78. The summed E-state index contributed by atoms with van der Waals surface area (Å²) in [6, 6.07) is 3.16. The molecule has 1 aromatic rings. The molecule has 6 nitrogen and oxygen atoms in total. The van der Waals surface area contributed by atoms with Gasteiger partial charge in [0, 0.05) is 6.20 Å². The predicted molar refractivity (Wildman–Crippen MR) is 55.7 cm³/mol. The van der Waals surface area contributed by atoms with Crippen molar-refractivity contribution >= 4 is 17.8 Å². The second-order valence-corrected chi connectivity index (χ2v) is 3.43. The van der Waals surface area contributed by atoms with Crippen molar-refractivity contribution in [2.24, 2.45) is 5.92 Å². The Kier molecular flexibility index (Phi) is 3.82. The SMILES string of the molecule is Nc1cc(CC(CC(=O)O)C(=O)O)ccn1. The van der Waals surface area contributed by atoms with Crippen LogP contribution in [0.2, 0.25) is 0 Å². The molecular weight excluding hydrogens is 212 g/mol. The third kappa shape index (κ3) is 3.56. The van der Waals surface area contributed by atoms with Gasteiger partial charge in [0.2, 0.25) is 0 Å². The van der Waals surface area contributed by atoms with Gasteiger partial charge in [-0.3, -0.25) is 9.59 Å². The van der Waals surface area contributed by atoms with Crippen LogP contribution < -0.4 is 5.73 Å². The summed E-state index contributed by atoms with van der Waals surface area (Å²) < 4.78 is 0. The van der Waals surface area contributed by atoms with Gasteiger partial charge in [0.1, 0.15) is 5.82 Å². The lowest BCUT2D eigenvalue weighted by molar-refractivity contribution is -0.148. The zero-order valence-corrected chi connectivity index (χ0v) is 8.46. The van der Waals surface area contributed by atoms with Gasteiger partial charge in [-0.05, 0) is 24.1 Å². The first kappa shape index (κ1) is 12.0. The topological polar surface area (TPSA) is 114 Å². The molecule has 1 heterocycles. The van der Waals surface area contributed by atoms with E-state index in [4.69, 9.17) is 15.9 Å². The Morgan fingerprint density at radius 3 is 2.62 bits per heavy atom. The Morgan fingerprint density at radius 2 is 2.12 bits per heavy atom. The van der Waals surface area contributed by atoms with Gasteiger partial charge >= 0.3 is 11.9 Å². The van der Waals surface area contributed by atoms with E-state index in [0.717, 1.165) is 0 Å². The zero-order valence-electron chi connectivity index (χ0n) is 8.46. The van der Waals surface area contributed by atoms with E-state index in [0.29, 0.717) is 5.56 Å². The maximum absolute atomic E-state index is 10.8. The van der Waals surface area contributed by atoms with E-state index in [-0.39, 0.29) is 12.2 Å². The number of nitrogens with zero attached hydrogens (tertiary/aromatic N) is 1. The zero-order chi connectivity index (χ0) is 12.1. The molecular formula is C10H12N2O4. The fourth-order valence-electron chi connectivity index (χ4n) is 1.36. The summed E-state index contributed by atoms with van der Waals surface area (Å²) >= 11 is 0. The molecule has 0 amide bonds. The van der Waals surface area contributed by atoms with Crippen LogP contribution in [0.1, 0.15) is 12.0 Å². The molecule has 0 spiro atoms. The van der Waals surface area contributed by atoms with Crippen molar-refractivity contribution in [3.05, 3.63) is 23.9 Å². The summed E-state index contributed by atoms with van der Waals surface area (Å²) in [5.41, 5.74) is 6.10. The van der Waals surface area contributed by atoms with Crippen molar-refractivity contribution in [3.8, 4) is 0 Å². The van der Waals surface area contributed by atoms with E-state index in [1.807, 2.05) is 0 Å². The molecule has 1 atom stereocenters. The van der Waals surface area contributed by atoms with Crippen molar-refractivity contribution < 1.29 is 19.8 Å². The number of aromatic nitrogens is 1. The Labute approximate surface area is 91.7 Å². The van der Waals surface area contributed by atoms with Crippen LogP contribution in [-0.4, -0.2) is 27.1 Å². The molecule has 1 rings (SSSR count). The molecule has 86 valence electrons. The number of rotatable bonds is 5. The Balaban J connectivity index is 2.75. The number of nitrogen functional groups attached to an aromatic ring is 1. The fraction of sp³-hybridized carbons (Fsp3) is 0.300. The number of hydrogen-bond acceptors (Lipinski definition) is 4. The molecule has 4 N–H and O–H groups in total. The highest BCUT2D eigenvalue weighted by Crippen LogP contribution is 2.14. The van der Waals surface area contributed by atoms with Gasteiger partial charge < -0.3 is 15.9 Å². The monoisotopic (exact) mass is 224 g/mol. The number of hydrogen-bond donors (Lipinski definition) is 3. The molecule has 1 aromatic heterocycles. The molecule has 0 saturated carbocycles. The molecule has 0 aliphatic heterocycles. The van der Waals surface area contributed by atoms with Crippen molar-refractivity contribution in [1.29, 1.82) is 0 Å². The fourth-order valence-corrected chi connectivity index (χ4v) is 1.36. The van der Waals surface area contributed by atoms with E-state index in [2.05, 4.69) is 4.98 Å². The molecule has 1 unspecified atom stereocenters. The number of anilines is 1. The van der Waals surface area contributed by atoms with E-state index >= 15 is 0 Å².